The van der Waals surface area contributed by atoms with E-state index in [4.69, 9.17) is 24.7 Å². The highest BCUT2D eigenvalue weighted by Crippen LogP contribution is 1.91. The summed E-state index contributed by atoms with van der Waals surface area (Å²) in [6, 6.07) is -0.536. The molecule has 0 heterocycles. The molecular weight excluding hydrogens is 262 g/mol. The van der Waals surface area contributed by atoms with Crippen LogP contribution in [0.4, 0.5) is 0 Å². The molecule has 0 bridgehead atoms. The van der Waals surface area contributed by atoms with Crippen molar-refractivity contribution < 1.29 is 23.7 Å². The fourth-order valence-corrected chi connectivity index (χ4v) is 1.26. The van der Waals surface area contributed by atoms with Gasteiger partial charge in [-0.15, -0.1) is 0 Å². The monoisotopic (exact) mass is 291 g/mol. The van der Waals surface area contributed by atoms with Crippen molar-refractivity contribution in [2.45, 2.75) is 39.2 Å². The fraction of sp³-hybridized carbons (Fsp3) is 0.929. The molecule has 0 radical (unpaired) electrons. The lowest BCUT2D eigenvalue weighted by Crippen LogP contribution is -2.32. The fourth-order valence-electron chi connectivity index (χ4n) is 1.26. The van der Waals surface area contributed by atoms with Gasteiger partial charge in [0.15, 0.2) is 0 Å². The number of ether oxygens (including phenoxy) is 4. The molecule has 6 nitrogen and oxygen atoms in total. The van der Waals surface area contributed by atoms with Crippen LogP contribution in [0.25, 0.3) is 0 Å². The van der Waals surface area contributed by atoms with Crippen LogP contribution in [0.2, 0.25) is 0 Å². The predicted molar refractivity (Wildman–Crippen MR) is 76.6 cm³/mol. The average molecular weight is 291 g/mol. The molecule has 1 atom stereocenters. The molecule has 6 heteroatoms. The first-order valence-electron chi connectivity index (χ1n) is 7.37. The van der Waals surface area contributed by atoms with Crippen molar-refractivity contribution in [2.75, 3.05) is 46.2 Å². The molecule has 0 aromatic rings. The van der Waals surface area contributed by atoms with Gasteiger partial charge in [-0.05, 0) is 12.8 Å². The molecule has 0 aliphatic rings. The van der Waals surface area contributed by atoms with Gasteiger partial charge in [-0.3, -0.25) is 4.79 Å². The van der Waals surface area contributed by atoms with Gasteiger partial charge in [-0.2, -0.15) is 0 Å². The Hall–Kier alpha value is -0.690. The van der Waals surface area contributed by atoms with Gasteiger partial charge in [-0.1, -0.05) is 20.3 Å². The van der Waals surface area contributed by atoms with Gasteiger partial charge >= 0.3 is 5.97 Å². The minimum atomic E-state index is -0.536. The highest BCUT2D eigenvalue weighted by Gasteiger charge is 2.11. The van der Waals surface area contributed by atoms with E-state index in [1.54, 1.807) is 0 Å². The molecule has 0 rings (SSSR count). The zero-order valence-electron chi connectivity index (χ0n) is 12.8. The molecule has 120 valence electrons. The van der Waals surface area contributed by atoms with Gasteiger partial charge in [0.05, 0.1) is 33.0 Å². The van der Waals surface area contributed by atoms with E-state index in [0.29, 0.717) is 39.5 Å². The Labute approximate surface area is 121 Å². The number of rotatable bonds is 14. The van der Waals surface area contributed by atoms with Crippen molar-refractivity contribution in [3.8, 4) is 0 Å². The summed E-state index contributed by atoms with van der Waals surface area (Å²) in [7, 11) is 0. The summed E-state index contributed by atoms with van der Waals surface area (Å²) in [5, 5.41) is 0. The van der Waals surface area contributed by atoms with Crippen LogP contribution < -0.4 is 5.73 Å². The molecule has 2 N–H and O–H groups in total. The number of carbonyl (C=O) groups excluding carboxylic acids is 1. The molecule has 0 aliphatic heterocycles. The van der Waals surface area contributed by atoms with Gasteiger partial charge in [0.1, 0.15) is 12.6 Å². The van der Waals surface area contributed by atoms with Crippen LogP contribution in [0.5, 0.6) is 0 Å². The van der Waals surface area contributed by atoms with Crippen molar-refractivity contribution in [3.63, 3.8) is 0 Å². The van der Waals surface area contributed by atoms with E-state index in [-0.39, 0.29) is 12.6 Å². The van der Waals surface area contributed by atoms with Crippen LogP contribution >= 0.6 is 0 Å². The molecular formula is C14H29NO5. The van der Waals surface area contributed by atoms with Crippen molar-refractivity contribution in [1.82, 2.24) is 0 Å². The maximum Gasteiger partial charge on any atom is 0.322 e. The third kappa shape index (κ3) is 12.3. The first kappa shape index (κ1) is 19.3. The Morgan fingerprint density at radius 3 is 1.90 bits per heavy atom. The maximum atomic E-state index is 11.2. The summed E-state index contributed by atoms with van der Waals surface area (Å²) in [5.74, 6) is -0.378. The highest BCUT2D eigenvalue weighted by molar-refractivity contribution is 5.75. The van der Waals surface area contributed by atoms with Gasteiger partial charge in [0, 0.05) is 6.61 Å². The van der Waals surface area contributed by atoms with Crippen molar-refractivity contribution in [1.29, 1.82) is 0 Å². The molecule has 20 heavy (non-hydrogen) atoms. The van der Waals surface area contributed by atoms with Gasteiger partial charge in [0.25, 0.3) is 0 Å². The van der Waals surface area contributed by atoms with Gasteiger partial charge < -0.3 is 24.7 Å². The zero-order chi connectivity index (χ0) is 15.1. The zero-order valence-corrected chi connectivity index (χ0v) is 12.8. The summed E-state index contributed by atoms with van der Waals surface area (Å²) in [4.78, 5) is 11.2. The first-order chi connectivity index (χ1) is 9.72. The van der Waals surface area contributed by atoms with Gasteiger partial charge in [0.2, 0.25) is 0 Å². The molecule has 0 aromatic carbocycles. The number of unbranched alkanes of at least 4 members (excludes halogenated alkanes) is 1. The Bertz CT molecular complexity index is 226. The number of carbonyl (C=O) groups is 1. The van der Waals surface area contributed by atoms with Crippen molar-refractivity contribution >= 4 is 5.97 Å². The summed E-state index contributed by atoms with van der Waals surface area (Å²) < 4.78 is 20.8. The van der Waals surface area contributed by atoms with E-state index in [1.165, 1.54) is 0 Å². The Balaban J connectivity index is 3.11. The Morgan fingerprint density at radius 2 is 1.40 bits per heavy atom. The summed E-state index contributed by atoms with van der Waals surface area (Å²) in [6.45, 7) is 7.54. The summed E-state index contributed by atoms with van der Waals surface area (Å²) in [6.07, 6.45) is 2.81. The van der Waals surface area contributed by atoms with E-state index in [0.717, 1.165) is 19.4 Å². The molecule has 0 spiro atoms. The quantitative estimate of drug-likeness (QED) is 0.381. The standard InChI is InChI=1S/C14H29NO5/c1-3-5-6-17-7-8-18-9-10-19-11-12-20-14(16)13(15)4-2/h13H,3-12,15H2,1-2H3. The van der Waals surface area contributed by atoms with E-state index >= 15 is 0 Å². The van der Waals surface area contributed by atoms with Crippen LogP contribution in [0.1, 0.15) is 33.1 Å². The molecule has 0 aromatic heterocycles. The van der Waals surface area contributed by atoms with Crippen molar-refractivity contribution in [3.05, 3.63) is 0 Å². The normalized spacial score (nSPS) is 12.3. The minimum absolute atomic E-state index is 0.229. The second-order valence-corrected chi connectivity index (χ2v) is 4.37. The first-order valence-corrected chi connectivity index (χ1v) is 7.37. The molecule has 0 amide bonds. The Kier molecular flexibility index (Phi) is 14.2. The van der Waals surface area contributed by atoms with Crippen molar-refractivity contribution in [2.24, 2.45) is 5.73 Å². The molecule has 0 saturated carbocycles. The number of hydrogen-bond donors (Lipinski definition) is 1. The number of nitrogens with two attached hydrogens (primary N) is 1. The molecule has 1 unspecified atom stereocenters. The Morgan fingerprint density at radius 1 is 0.900 bits per heavy atom. The number of esters is 1. The lowest BCUT2D eigenvalue weighted by Gasteiger charge is -2.09. The van der Waals surface area contributed by atoms with Gasteiger partial charge in [-0.25, -0.2) is 0 Å². The van der Waals surface area contributed by atoms with Crippen LogP contribution in [0, 0.1) is 0 Å². The van der Waals surface area contributed by atoms with E-state index in [9.17, 15) is 4.79 Å². The predicted octanol–water partition coefficient (Wildman–Crippen LogP) is 1.12. The second kappa shape index (κ2) is 14.7. The second-order valence-electron chi connectivity index (χ2n) is 4.37. The largest absolute Gasteiger partial charge is 0.462 e. The van der Waals surface area contributed by atoms with Crippen LogP contribution in [-0.2, 0) is 23.7 Å². The third-order valence-corrected chi connectivity index (χ3v) is 2.60. The van der Waals surface area contributed by atoms with E-state index in [1.807, 2.05) is 6.92 Å². The van der Waals surface area contributed by atoms with Crippen LogP contribution in [0.15, 0.2) is 0 Å². The minimum Gasteiger partial charge on any atom is -0.462 e. The molecule has 0 saturated heterocycles. The smallest absolute Gasteiger partial charge is 0.322 e. The lowest BCUT2D eigenvalue weighted by molar-refractivity contribution is -0.147. The average Bonchev–Trinajstić information content (AvgIpc) is 2.47. The SMILES string of the molecule is CCCCOCCOCCOCCOC(=O)C(N)CC. The topological polar surface area (TPSA) is 80.0 Å². The number of hydrogen-bond acceptors (Lipinski definition) is 6. The van der Waals surface area contributed by atoms with Crippen LogP contribution in [0.3, 0.4) is 0 Å². The summed E-state index contributed by atoms with van der Waals surface area (Å²) >= 11 is 0. The van der Waals surface area contributed by atoms with Crippen LogP contribution in [-0.4, -0.2) is 58.3 Å². The molecule has 0 fully saturated rings. The maximum absolute atomic E-state index is 11.2. The lowest BCUT2D eigenvalue weighted by atomic mass is 10.2. The molecule has 0 aliphatic carbocycles. The van der Waals surface area contributed by atoms with E-state index < -0.39 is 6.04 Å². The third-order valence-electron chi connectivity index (χ3n) is 2.60. The summed E-state index contributed by atoms with van der Waals surface area (Å²) in [5.41, 5.74) is 5.51. The highest BCUT2D eigenvalue weighted by atomic mass is 16.6. The van der Waals surface area contributed by atoms with E-state index in [2.05, 4.69) is 6.92 Å².